The summed E-state index contributed by atoms with van der Waals surface area (Å²) in [6.07, 6.45) is 1.86. The first-order valence-electron chi connectivity index (χ1n) is 7.09. The number of nitrogens with one attached hydrogen (secondary N) is 2. The molecule has 0 aliphatic carbocycles. The van der Waals surface area contributed by atoms with Crippen molar-refractivity contribution >= 4 is 11.9 Å². The molecule has 1 aromatic rings. The maximum atomic E-state index is 11.5. The molecule has 0 unspecified atom stereocenters. The molecule has 0 aliphatic rings. The zero-order chi connectivity index (χ0) is 15.5. The molecule has 0 atom stereocenters. The average molecular weight is 294 g/mol. The molecule has 6 heteroatoms. The summed E-state index contributed by atoms with van der Waals surface area (Å²) in [5, 5.41) is 4.79. The molecule has 0 bridgehead atoms. The number of rotatable bonds is 8. The van der Waals surface area contributed by atoms with Crippen LogP contribution in [0.1, 0.15) is 26.7 Å². The number of carbonyl (C=O) groups is 2. The van der Waals surface area contributed by atoms with E-state index in [1.54, 1.807) is 24.3 Å². The van der Waals surface area contributed by atoms with Crippen LogP contribution in [-0.2, 0) is 4.79 Å². The Kier molecular flexibility index (Phi) is 7.71. The number of ether oxygens (including phenoxy) is 2. The summed E-state index contributed by atoms with van der Waals surface area (Å²) in [6, 6.07) is 6.44. The molecule has 0 aromatic heterocycles. The second-order valence-corrected chi connectivity index (χ2v) is 4.35. The van der Waals surface area contributed by atoms with Crippen LogP contribution in [0, 0.1) is 0 Å². The van der Waals surface area contributed by atoms with Gasteiger partial charge in [0.1, 0.15) is 11.5 Å². The smallest absolute Gasteiger partial charge is 0.321 e. The van der Waals surface area contributed by atoms with Crippen molar-refractivity contribution in [3.05, 3.63) is 24.3 Å². The van der Waals surface area contributed by atoms with Gasteiger partial charge in [-0.3, -0.25) is 10.1 Å². The van der Waals surface area contributed by atoms with E-state index in [2.05, 4.69) is 10.6 Å². The van der Waals surface area contributed by atoms with E-state index in [0.717, 1.165) is 18.6 Å². The normalized spacial score (nSPS) is 9.81. The Bertz CT molecular complexity index is 445. The summed E-state index contributed by atoms with van der Waals surface area (Å²) < 4.78 is 10.6. The Labute approximate surface area is 124 Å². The van der Waals surface area contributed by atoms with Crippen LogP contribution in [0.5, 0.6) is 11.5 Å². The van der Waals surface area contributed by atoms with Gasteiger partial charge >= 0.3 is 6.03 Å². The van der Waals surface area contributed by atoms with Gasteiger partial charge in [-0.15, -0.1) is 0 Å². The first-order valence-corrected chi connectivity index (χ1v) is 7.09. The van der Waals surface area contributed by atoms with Gasteiger partial charge in [0.05, 0.1) is 6.61 Å². The molecule has 6 nitrogen and oxygen atoms in total. The predicted octanol–water partition coefficient (Wildman–Crippen LogP) is 2.09. The second-order valence-electron chi connectivity index (χ2n) is 4.35. The Morgan fingerprint density at radius 1 is 1.05 bits per heavy atom. The van der Waals surface area contributed by atoms with Crippen molar-refractivity contribution in [2.45, 2.75) is 26.7 Å². The van der Waals surface area contributed by atoms with E-state index in [0.29, 0.717) is 18.9 Å². The van der Waals surface area contributed by atoms with Crippen LogP contribution in [0.3, 0.4) is 0 Å². The Morgan fingerprint density at radius 3 is 2.24 bits per heavy atom. The van der Waals surface area contributed by atoms with Gasteiger partial charge in [0, 0.05) is 6.54 Å². The van der Waals surface area contributed by atoms with Crippen molar-refractivity contribution in [2.24, 2.45) is 0 Å². The van der Waals surface area contributed by atoms with Crippen molar-refractivity contribution in [2.75, 3.05) is 19.8 Å². The average Bonchev–Trinajstić information content (AvgIpc) is 2.47. The molecular weight excluding hydrogens is 272 g/mol. The third-order valence-electron chi connectivity index (χ3n) is 2.57. The molecule has 3 amide bonds. The van der Waals surface area contributed by atoms with E-state index >= 15 is 0 Å². The Morgan fingerprint density at radius 2 is 1.67 bits per heavy atom. The minimum absolute atomic E-state index is 0.213. The third-order valence-corrected chi connectivity index (χ3v) is 2.57. The molecule has 0 fully saturated rings. The van der Waals surface area contributed by atoms with E-state index in [1.165, 1.54) is 0 Å². The standard InChI is InChI=1S/C15H22N2O4/c1-3-5-10-16-15(19)17-14(18)11-21-13-8-6-12(7-9-13)20-4-2/h6-9H,3-5,10-11H2,1-2H3,(H2,16,17,18,19). The summed E-state index contributed by atoms with van der Waals surface area (Å²) in [5.74, 6) is 0.794. The highest BCUT2D eigenvalue weighted by Crippen LogP contribution is 2.17. The predicted molar refractivity (Wildman–Crippen MR) is 79.6 cm³/mol. The largest absolute Gasteiger partial charge is 0.494 e. The first kappa shape index (κ1) is 16.8. The van der Waals surface area contributed by atoms with Gasteiger partial charge in [-0.05, 0) is 37.6 Å². The van der Waals surface area contributed by atoms with Gasteiger partial charge in [0.2, 0.25) is 0 Å². The van der Waals surface area contributed by atoms with Crippen molar-refractivity contribution < 1.29 is 19.1 Å². The van der Waals surface area contributed by atoms with Crippen molar-refractivity contribution in [3.8, 4) is 11.5 Å². The maximum absolute atomic E-state index is 11.5. The molecule has 0 spiro atoms. The number of amides is 3. The first-order chi connectivity index (χ1) is 10.2. The van der Waals surface area contributed by atoms with Gasteiger partial charge in [-0.2, -0.15) is 0 Å². The fourth-order valence-electron chi connectivity index (χ4n) is 1.53. The topological polar surface area (TPSA) is 76.7 Å². The summed E-state index contributed by atoms with van der Waals surface area (Å²) in [4.78, 5) is 22.8. The highest BCUT2D eigenvalue weighted by molar-refractivity contribution is 5.94. The number of carbonyl (C=O) groups excluding carboxylic acids is 2. The summed E-state index contributed by atoms with van der Waals surface area (Å²) >= 11 is 0. The zero-order valence-electron chi connectivity index (χ0n) is 12.5. The number of benzene rings is 1. The lowest BCUT2D eigenvalue weighted by molar-refractivity contribution is -0.122. The number of hydrogen-bond donors (Lipinski definition) is 2. The van der Waals surface area contributed by atoms with E-state index in [1.807, 2.05) is 13.8 Å². The fourth-order valence-corrected chi connectivity index (χ4v) is 1.53. The molecule has 21 heavy (non-hydrogen) atoms. The molecule has 1 rings (SSSR count). The van der Waals surface area contributed by atoms with E-state index in [-0.39, 0.29) is 6.61 Å². The van der Waals surface area contributed by atoms with Gasteiger partial charge in [-0.1, -0.05) is 13.3 Å². The second kappa shape index (κ2) is 9.63. The molecule has 1 aromatic carbocycles. The minimum atomic E-state index is -0.497. The van der Waals surface area contributed by atoms with E-state index in [9.17, 15) is 9.59 Å². The monoisotopic (exact) mass is 294 g/mol. The SMILES string of the molecule is CCCCNC(=O)NC(=O)COc1ccc(OCC)cc1. The summed E-state index contributed by atoms with van der Waals surface area (Å²) in [7, 11) is 0. The number of urea groups is 1. The van der Waals surface area contributed by atoms with Gasteiger partial charge in [0.25, 0.3) is 5.91 Å². The van der Waals surface area contributed by atoms with Crippen LogP contribution >= 0.6 is 0 Å². The molecule has 0 aliphatic heterocycles. The Balaban J connectivity index is 2.27. The van der Waals surface area contributed by atoms with Gasteiger partial charge in [-0.25, -0.2) is 4.79 Å². The van der Waals surface area contributed by atoms with Crippen molar-refractivity contribution in [1.29, 1.82) is 0 Å². The van der Waals surface area contributed by atoms with Crippen LogP contribution in [0.25, 0.3) is 0 Å². The lowest BCUT2D eigenvalue weighted by Gasteiger charge is -2.08. The molecule has 0 radical (unpaired) electrons. The van der Waals surface area contributed by atoms with Crippen molar-refractivity contribution in [3.63, 3.8) is 0 Å². The number of imide groups is 1. The number of unbranched alkanes of at least 4 members (excludes halogenated alkanes) is 1. The third kappa shape index (κ3) is 7.20. The lowest BCUT2D eigenvalue weighted by atomic mass is 10.3. The Hall–Kier alpha value is -2.24. The fraction of sp³-hybridized carbons (Fsp3) is 0.467. The molecule has 0 saturated heterocycles. The van der Waals surface area contributed by atoms with Gasteiger partial charge < -0.3 is 14.8 Å². The van der Waals surface area contributed by atoms with Crippen LogP contribution in [0.15, 0.2) is 24.3 Å². The van der Waals surface area contributed by atoms with Crippen molar-refractivity contribution in [1.82, 2.24) is 10.6 Å². The maximum Gasteiger partial charge on any atom is 0.321 e. The number of hydrogen-bond acceptors (Lipinski definition) is 4. The van der Waals surface area contributed by atoms with E-state index < -0.39 is 11.9 Å². The quantitative estimate of drug-likeness (QED) is 0.720. The van der Waals surface area contributed by atoms with Gasteiger partial charge in [0.15, 0.2) is 6.61 Å². The molecule has 116 valence electrons. The zero-order valence-corrected chi connectivity index (χ0v) is 12.5. The minimum Gasteiger partial charge on any atom is -0.494 e. The molecule has 2 N–H and O–H groups in total. The highest BCUT2D eigenvalue weighted by atomic mass is 16.5. The molecule has 0 heterocycles. The van der Waals surface area contributed by atoms with E-state index in [4.69, 9.17) is 9.47 Å². The summed E-state index contributed by atoms with van der Waals surface area (Å²) in [6.45, 7) is 4.86. The lowest BCUT2D eigenvalue weighted by Crippen LogP contribution is -2.41. The summed E-state index contributed by atoms with van der Waals surface area (Å²) in [5.41, 5.74) is 0. The van der Waals surface area contributed by atoms with Crippen LogP contribution in [0.2, 0.25) is 0 Å². The van der Waals surface area contributed by atoms with Crippen LogP contribution in [-0.4, -0.2) is 31.7 Å². The highest BCUT2D eigenvalue weighted by Gasteiger charge is 2.07. The van der Waals surface area contributed by atoms with Crippen LogP contribution in [0.4, 0.5) is 4.79 Å². The molecule has 0 saturated carbocycles. The van der Waals surface area contributed by atoms with Crippen LogP contribution < -0.4 is 20.1 Å². The molecular formula is C15H22N2O4.